The molecule has 0 radical (unpaired) electrons. The number of aliphatic hydroxyl groups is 1. The Bertz CT molecular complexity index is 1360. The van der Waals surface area contributed by atoms with E-state index in [-0.39, 0.29) is 42.8 Å². The second-order valence-electron chi connectivity index (χ2n) is 9.50. The van der Waals surface area contributed by atoms with Gasteiger partial charge < -0.3 is 40.3 Å². The minimum Gasteiger partial charge on any atom is -0.503 e. The lowest BCUT2D eigenvalue weighted by Crippen LogP contribution is -2.39. The summed E-state index contributed by atoms with van der Waals surface area (Å²) < 4.78 is 10.6. The predicted molar refractivity (Wildman–Crippen MR) is 148 cm³/mol. The topological polar surface area (TPSA) is 192 Å². The standard InChI is InChI=1S/C29H33N3O10/c1-17(33)31-21(29(39)40)8-5-6-14-32-25(20-7-3-4-9-22(20)42-16-23(34)35)24(26(36)28(32)38)27(37)30-15-18-10-12-19(41-2)13-11-18/h3-4,7,9-13,21,25,36H,5-6,8,14-16H2,1-2H3,(H,30,37)(H,31,33)(H,34,35)(H,39,40)/t21-,25?/m1/s1. The zero-order chi connectivity index (χ0) is 30.8. The third-order valence-corrected chi connectivity index (χ3v) is 6.54. The highest BCUT2D eigenvalue weighted by Gasteiger charge is 2.44. The summed E-state index contributed by atoms with van der Waals surface area (Å²) in [5.74, 6) is -4.47. The number of amides is 3. The molecule has 0 saturated heterocycles. The van der Waals surface area contributed by atoms with E-state index < -0.39 is 54.1 Å². The number of para-hydroxylation sites is 1. The second-order valence-corrected chi connectivity index (χ2v) is 9.50. The van der Waals surface area contributed by atoms with Crippen LogP contribution in [0.15, 0.2) is 59.9 Å². The number of aliphatic carboxylic acids is 2. The molecule has 0 bridgehead atoms. The van der Waals surface area contributed by atoms with Gasteiger partial charge in [0.2, 0.25) is 5.91 Å². The van der Waals surface area contributed by atoms with Gasteiger partial charge in [-0.05, 0) is 43.0 Å². The lowest BCUT2D eigenvalue weighted by molar-refractivity contribution is -0.142. The molecule has 0 aliphatic carbocycles. The highest BCUT2D eigenvalue weighted by molar-refractivity contribution is 6.08. The molecule has 224 valence electrons. The van der Waals surface area contributed by atoms with Crippen molar-refractivity contribution in [3.63, 3.8) is 0 Å². The maximum Gasteiger partial charge on any atom is 0.341 e. The van der Waals surface area contributed by atoms with E-state index in [4.69, 9.17) is 14.6 Å². The van der Waals surface area contributed by atoms with Crippen molar-refractivity contribution in [1.29, 1.82) is 0 Å². The minimum atomic E-state index is -1.23. The molecule has 13 nitrogen and oxygen atoms in total. The number of rotatable bonds is 15. The van der Waals surface area contributed by atoms with E-state index in [0.29, 0.717) is 12.2 Å². The molecule has 2 aromatic carbocycles. The average Bonchev–Trinajstić information content (AvgIpc) is 3.21. The van der Waals surface area contributed by atoms with Gasteiger partial charge in [-0.3, -0.25) is 14.4 Å². The van der Waals surface area contributed by atoms with Crippen LogP contribution in [0.2, 0.25) is 0 Å². The Hall–Kier alpha value is -5.07. The number of ether oxygens (including phenoxy) is 2. The first-order valence-electron chi connectivity index (χ1n) is 13.1. The quantitative estimate of drug-likeness (QED) is 0.194. The number of unbranched alkanes of at least 4 members (excludes halogenated alkanes) is 1. The summed E-state index contributed by atoms with van der Waals surface area (Å²) >= 11 is 0. The molecule has 0 fully saturated rings. The van der Waals surface area contributed by atoms with Crippen molar-refractivity contribution in [2.24, 2.45) is 0 Å². The van der Waals surface area contributed by atoms with Crippen LogP contribution in [0, 0.1) is 0 Å². The zero-order valence-electron chi connectivity index (χ0n) is 23.2. The number of aliphatic hydroxyl groups excluding tert-OH is 1. The molecule has 1 aliphatic heterocycles. The van der Waals surface area contributed by atoms with Gasteiger partial charge in [-0.25, -0.2) is 9.59 Å². The molecule has 0 saturated carbocycles. The van der Waals surface area contributed by atoms with Crippen molar-refractivity contribution < 1.29 is 48.8 Å². The smallest absolute Gasteiger partial charge is 0.341 e. The van der Waals surface area contributed by atoms with E-state index in [1.165, 1.54) is 25.0 Å². The molecule has 1 heterocycles. The number of hydrogen-bond acceptors (Lipinski definition) is 8. The van der Waals surface area contributed by atoms with Crippen LogP contribution in [0.1, 0.15) is 43.4 Å². The summed E-state index contributed by atoms with van der Waals surface area (Å²) in [5.41, 5.74) is 0.785. The van der Waals surface area contributed by atoms with Crippen LogP contribution in [-0.2, 0) is 30.5 Å². The molecule has 13 heteroatoms. The largest absolute Gasteiger partial charge is 0.503 e. The maximum absolute atomic E-state index is 13.4. The summed E-state index contributed by atoms with van der Waals surface area (Å²) in [5, 5.41) is 34.4. The average molecular weight is 584 g/mol. The number of hydrogen-bond donors (Lipinski definition) is 5. The van der Waals surface area contributed by atoms with Crippen molar-refractivity contribution in [3.05, 3.63) is 71.0 Å². The molecule has 2 atom stereocenters. The number of benzene rings is 2. The monoisotopic (exact) mass is 583 g/mol. The number of nitrogens with one attached hydrogen (secondary N) is 2. The number of carbonyl (C=O) groups excluding carboxylic acids is 3. The number of nitrogens with zero attached hydrogens (tertiary/aromatic N) is 1. The number of carboxylic acid groups (broad SMARTS) is 2. The molecule has 3 amide bonds. The fraction of sp³-hybridized carbons (Fsp3) is 0.345. The summed E-state index contributed by atoms with van der Waals surface area (Å²) in [4.78, 5) is 61.9. The molecule has 0 spiro atoms. The molecular weight excluding hydrogens is 550 g/mol. The van der Waals surface area contributed by atoms with Crippen LogP contribution < -0.4 is 20.1 Å². The van der Waals surface area contributed by atoms with Crippen LogP contribution in [0.25, 0.3) is 0 Å². The van der Waals surface area contributed by atoms with Crippen molar-refractivity contribution in [2.45, 2.75) is 44.8 Å². The summed E-state index contributed by atoms with van der Waals surface area (Å²) in [6, 6.07) is 11.0. The van der Waals surface area contributed by atoms with Crippen LogP contribution in [-0.4, -0.2) is 76.2 Å². The number of methoxy groups -OCH3 is 1. The Morgan fingerprint density at radius 3 is 2.33 bits per heavy atom. The fourth-order valence-corrected chi connectivity index (χ4v) is 4.57. The lowest BCUT2D eigenvalue weighted by atomic mass is 9.97. The van der Waals surface area contributed by atoms with Crippen LogP contribution in [0.5, 0.6) is 11.5 Å². The van der Waals surface area contributed by atoms with E-state index in [0.717, 1.165) is 5.56 Å². The van der Waals surface area contributed by atoms with Gasteiger partial charge in [-0.2, -0.15) is 0 Å². The minimum absolute atomic E-state index is 0.0164. The van der Waals surface area contributed by atoms with Gasteiger partial charge in [0.25, 0.3) is 11.8 Å². The molecule has 5 N–H and O–H groups in total. The molecule has 42 heavy (non-hydrogen) atoms. The molecule has 2 aromatic rings. The van der Waals surface area contributed by atoms with Gasteiger partial charge >= 0.3 is 11.9 Å². The van der Waals surface area contributed by atoms with Crippen LogP contribution >= 0.6 is 0 Å². The van der Waals surface area contributed by atoms with Crippen molar-refractivity contribution >= 4 is 29.7 Å². The van der Waals surface area contributed by atoms with Crippen LogP contribution in [0.3, 0.4) is 0 Å². The van der Waals surface area contributed by atoms with Gasteiger partial charge in [0, 0.05) is 25.6 Å². The van der Waals surface area contributed by atoms with E-state index in [2.05, 4.69) is 10.6 Å². The van der Waals surface area contributed by atoms with Crippen molar-refractivity contribution in [3.8, 4) is 11.5 Å². The SMILES string of the molecule is COc1ccc(CNC(=O)C2=C(O)C(=O)N(CCCC[C@@H](NC(C)=O)C(=O)O)C2c2ccccc2OCC(=O)O)cc1. The second kappa shape index (κ2) is 14.5. The van der Waals surface area contributed by atoms with E-state index >= 15 is 0 Å². The summed E-state index contributed by atoms with van der Waals surface area (Å²) in [7, 11) is 1.53. The maximum atomic E-state index is 13.4. The summed E-state index contributed by atoms with van der Waals surface area (Å²) in [6.45, 7) is 0.634. The Kier molecular flexibility index (Phi) is 10.9. The molecular formula is C29H33N3O10. The van der Waals surface area contributed by atoms with Crippen molar-refractivity contribution in [1.82, 2.24) is 15.5 Å². The highest BCUT2D eigenvalue weighted by Crippen LogP contribution is 2.41. The first-order chi connectivity index (χ1) is 20.0. The Balaban J connectivity index is 1.86. The highest BCUT2D eigenvalue weighted by atomic mass is 16.5. The predicted octanol–water partition coefficient (Wildman–Crippen LogP) is 1.93. The first-order valence-corrected chi connectivity index (χ1v) is 13.1. The third-order valence-electron chi connectivity index (χ3n) is 6.54. The third kappa shape index (κ3) is 7.99. The Labute approximate surface area is 241 Å². The van der Waals surface area contributed by atoms with Crippen molar-refractivity contribution in [2.75, 3.05) is 20.3 Å². The molecule has 1 aliphatic rings. The van der Waals surface area contributed by atoms with Crippen LogP contribution in [0.4, 0.5) is 0 Å². The van der Waals surface area contributed by atoms with E-state index in [1.54, 1.807) is 42.5 Å². The number of carbonyl (C=O) groups is 5. The zero-order valence-corrected chi connectivity index (χ0v) is 23.2. The first kappa shape index (κ1) is 31.5. The lowest BCUT2D eigenvalue weighted by Gasteiger charge is -2.28. The molecule has 1 unspecified atom stereocenters. The van der Waals surface area contributed by atoms with Gasteiger partial charge in [0.05, 0.1) is 18.7 Å². The normalized spacial score (nSPS) is 15.2. The number of carboxylic acids is 2. The van der Waals surface area contributed by atoms with Gasteiger partial charge in [0.1, 0.15) is 17.5 Å². The summed E-state index contributed by atoms with van der Waals surface area (Å²) in [6.07, 6.45) is 0.664. The van der Waals surface area contributed by atoms with Gasteiger partial charge in [0.15, 0.2) is 12.4 Å². The Morgan fingerprint density at radius 1 is 1.02 bits per heavy atom. The van der Waals surface area contributed by atoms with E-state index in [9.17, 15) is 34.2 Å². The van der Waals surface area contributed by atoms with E-state index in [1.807, 2.05) is 0 Å². The van der Waals surface area contributed by atoms with Gasteiger partial charge in [-0.15, -0.1) is 0 Å². The molecule has 0 aromatic heterocycles. The molecule has 3 rings (SSSR count). The fourth-order valence-electron chi connectivity index (χ4n) is 4.57. The Morgan fingerprint density at radius 2 is 1.71 bits per heavy atom. The van der Waals surface area contributed by atoms with Gasteiger partial charge in [-0.1, -0.05) is 30.3 Å².